The number of unbranched alkanes of at least 4 members (excludes halogenated alkanes) is 1. The molecule has 0 spiro atoms. The van der Waals surface area contributed by atoms with Gasteiger partial charge in [0.25, 0.3) is 0 Å². The number of aliphatic hydroxyl groups is 1. The monoisotopic (exact) mass is 288 g/mol. The van der Waals surface area contributed by atoms with Crippen molar-refractivity contribution in [3.05, 3.63) is 28.2 Å². The molecule has 0 heterocycles. The number of hydrogen-bond donors (Lipinski definition) is 1. The predicted molar refractivity (Wildman–Crippen MR) is 66.7 cm³/mol. The highest BCUT2D eigenvalue weighted by Crippen LogP contribution is 2.26. The van der Waals surface area contributed by atoms with E-state index < -0.39 is 0 Å². The van der Waals surface area contributed by atoms with Gasteiger partial charge in [0.05, 0.1) is 17.7 Å². The molecule has 16 heavy (non-hydrogen) atoms. The van der Waals surface area contributed by atoms with Gasteiger partial charge < -0.3 is 14.6 Å². The number of halogens is 1. The molecule has 90 valence electrons. The minimum Gasteiger partial charge on any atom is -0.492 e. The smallest absolute Gasteiger partial charge is 0.133 e. The molecule has 1 aromatic rings. The van der Waals surface area contributed by atoms with Crippen molar-refractivity contribution in [3.8, 4) is 5.75 Å². The Bertz CT molecular complexity index is 315. The van der Waals surface area contributed by atoms with E-state index >= 15 is 0 Å². The molecule has 0 atom stereocenters. The van der Waals surface area contributed by atoms with Crippen LogP contribution >= 0.6 is 15.9 Å². The fourth-order valence-electron chi connectivity index (χ4n) is 1.29. The van der Waals surface area contributed by atoms with Gasteiger partial charge in [0, 0.05) is 13.7 Å². The van der Waals surface area contributed by atoms with Gasteiger partial charge in [0.15, 0.2) is 0 Å². The highest BCUT2D eigenvalue weighted by atomic mass is 79.9. The van der Waals surface area contributed by atoms with Crippen molar-refractivity contribution in [3.63, 3.8) is 0 Å². The summed E-state index contributed by atoms with van der Waals surface area (Å²) in [4.78, 5) is 0. The van der Waals surface area contributed by atoms with Crippen LogP contribution in [0.3, 0.4) is 0 Å². The normalized spacial score (nSPS) is 10.4. The third-order valence-corrected chi connectivity index (χ3v) is 2.80. The summed E-state index contributed by atoms with van der Waals surface area (Å²) in [5.41, 5.74) is 0.874. The molecular formula is C12H17BrO3. The van der Waals surface area contributed by atoms with Gasteiger partial charge in [-0.15, -0.1) is 0 Å². The van der Waals surface area contributed by atoms with Crippen LogP contribution in [0.4, 0.5) is 0 Å². The van der Waals surface area contributed by atoms with Gasteiger partial charge >= 0.3 is 0 Å². The summed E-state index contributed by atoms with van der Waals surface area (Å²) in [6.07, 6.45) is 1.98. The second-order valence-corrected chi connectivity index (χ2v) is 4.33. The molecule has 1 N–H and O–H groups in total. The molecular weight excluding hydrogens is 272 g/mol. The SMILES string of the molecule is COCCCCOc1ccc(CO)cc1Br. The Labute approximate surface area is 105 Å². The third-order valence-electron chi connectivity index (χ3n) is 2.18. The van der Waals surface area contributed by atoms with E-state index in [2.05, 4.69) is 15.9 Å². The molecule has 0 unspecified atom stereocenters. The van der Waals surface area contributed by atoms with Gasteiger partial charge in [0.1, 0.15) is 5.75 Å². The zero-order chi connectivity index (χ0) is 11.8. The van der Waals surface area contributed by atoms with Crippen molar-refractivity contribution >= 4 is 15.9 Å². The molecule has 0 aliphatic carbocycles. The van der Waals surface area contributed by atoms with Gasteiger partial charge in [0.2, 0.25) is 0 Å². The summed E-state index contributed by atoms with van der Waals surface area (Å²) in [5.74, 6) is 0.814. The summed E-state index contributed by atoms with van der Waals surface area (Å²) < 4.78 is 11.4. The number of benzene rings is 1. The molecule has 0 radical (unpaired) electrons. The van der Waals surface area contributed by atoms with Crippen molar-refractivity contribution in [2.75, 3.05) is 20.3 Å². The summed E-state index contributed by atoms with van der Waals surface area (Å²) in [6, 6.07) is 5.59. The summed E-state index contributed by atoms with van der Waals surface area (Å²) in [7, 11) is 1.70. The van der Waals surface area contributed by atoms with E-state index in [4.69, 9.17) is 14.6 Å². The van der Waals surface area contributed by atoms with Gasteiger partial charge in [-0.2, -0.15) is 0 Å². The van der Waals surface area contributed by atoms with Crippen molar-refractivity contribution in [1.82, 2.24) is 0 Å². The van der Waals surface area contributed by atoms with E-state index in [-0.39, 0.29) is 6.61 Å². The first-order chi connectivity index (χ1) is 7.77. The molecule has 0 aliphatic heterocycles. The predicted octanol–water partition coefficient (Wildman–Crippen LogP) is 2.75. The van der Waals surface area contributed by atoms with E-state index in [0.29, 0.717) is 6.61 Å². The molecule has 0 aromatic heterocycles. The maximum Gasteiger partial charge on any atom is 0.133 e. The Morgan fingerprint density at radius 3 is 2.62 bits per heavy atom. The lowest BCUT2D eigenvalue weighted by Gasteiger charge is -2.08. The average Bonchev–Trinajstić information content (AvgIpc) is 2.30. The molecule has 4 heteroatoms. The number of methoxy groups -OCH3 is 1. The third kappa shape index (κ3) is 4.51. The maximum atomic E-state index is 8.95. The Balaban J connectivity index is 2.36. The average molecular weight is 289 g/mol. The zero-order valence-corrected chi connectivity index (χ0v) is 11.0. The van der Waals surface area contributed by atoms with E-state index in [1.807, 2.05) is 18.2 Å². The standard InChI is InChI=1S/C12H17BrO3/c1-15-6-2-3-7-16-12-5-4-10(9-14)8-11(12)13/h4-5,8,14H,2-3,6-7,9H2,1H3. The molecule has 3 nitrogen and oxygen atoms in total. The molecule has 0 aliphatic rings. The van der Waals surface area contributed by atoms with Gasteiger partial charge in [-0.1, -0.05) is 6.07 Å². The van der Waals surface area contributed by atoms with Crippen molar-refractivity contribution < 1.29 is 14.6 Å². The molecule has 0 bridgehead atoms. The van der Waals surface area contributed by atoms with E-state index in [1.54, 1.807) is 7.11 Å². The van der Waals surface area contributed by atoms with Crippen LogP contribution in [0, 0.1) is 0 Å². The Morgan fingerprint density at radius 1 is 1.25 bits per heavy atom. The maximum absolute atomic E-state index is 8.95. The molecule has 0 amide bonds. The van der Waals surface area contributed by atoms with Gasteiger partial charge in [-0.05, 0) is 46.5 Å². The number of aliphatic hydroxyl groups excluding tert-OH is 1. The van der Waals surface area contributed by atoms with E-state index in [0.717, 1.165) is 35.2 Å². The van der Waals surface area contributed by atoms with Crippen LogP contribution in [0.25, 0.3) is 0 Å². The zero-order valence-electron chi connectivity index (χ0n) is 9.41. The lowest BCUT2D eigenvalue weighted by atomic mass is 10.2. The van der Waals surface area contributed by atoms with Crippen LogP contribution in [-0.2, 0) is 11.3 Å². The second kappa shape index (κ2) is 7.65. The molecule has 1 aromatic carbocycles. The Kier molecular flexibility index (Phi) is 6.45. The molecule has 0 fully saturated rings. The lowest BCUT2D eigenvalue weighted by molar-refractivity contribution is 0.184. The molecule has 1 rings (SSSR count). The Morgan fingerprint density at radius 2 is 2.00 bits per heavy atom. The van der Waals surface area contributed by atoms with Crippen LogP contribution in [0.2, 0.25) is 0 Å². The van der Waals surface area contributed by atoms with Crippen LogP contribution in [-0.4, -0.2) is 25.4 Å². The van der Waals surface area contributed by atoms with Crippen LogP contribution in [0.15, 0.2) is 22.7 Å². The topological polar surface area (TPSA) is 38.7 Å². The first kappa shape index (κ1) is 13.5. The lowest BCUT2D eigenvalue weighted by Crippen LogP contribution is -2.00. The molecule has 0 saturated heterocycles. The summed E-state index contributed by atoms with van der Waals surface area (Å²) in [6.45, 7) is 1.50. The van der Waals surface area contributed by atoms with Gasteiger partial charge in [-0.25, -0.2) is 0 Å². The second-order valence-electron chi connectivity index (χ2n) is 3.47. The van der Waals surface area contributed by atoms with Crippen LogP contribution in [0.1, 0.15) is 18.4 Å². The van der Waals surface area contributed by atoms with Crippen molar-refractivity contribution in [2.45, 2.75) is 19.4 Å². The van der Waals surface area contributed by atoms with Crippen LogP contribution in [0.5, 0.6) is 5.75 Å². The number of rotatable bonds is 7. The minimum atomic E-state index is 0.0483. The highest BCUT2D eigenvalue weighted by Gasteiger charge is 2.01. The Hall–Kier alpha value is -0.580. The molecule has 0 saturated carbocycles. The fraction of sp³-hybridized carbons (Fsp3) is 0.500. The minimum absolute atomic E-state index is 0.0483. The fourth-order valence-corrected chi connectivity index (χ4v) is 1.83. The first-order valence-corrected chi connectivity index (χ1v) is 6.08. The first-order valence-electron chi connectivity index (χ1n) is 5.29. The van der Waals surface area contributed by atoms with E-state index in [1.165, 1.54) is 0 Å². The van der Waals surface area contributed by atoms with Crippen molar-refractivity contribution in [1.29, 1.82) is 0 Å². The summed E-state index contributed by atoms with van der Waals surface area (Å²) in [5, 5.41) is 8.95. The van der Waals surface area contributed by atoms with Gasteiger partial charge in [-0.3, -0.25) is 0 Å². The summed E-state index contributed by atoms with van der Waals surface area (Å²) >= 11 is 3.41. The van der Waals surface area contributed by atoms with Crippen molar-refractivity contribution in [2.24, 2.45) is 0 Å². The highest BCUT2D eigenvalue weighted by molar-refractivity contribution is 9.10. The quantitative estimate of drug-likeness (QED) is 0.784. The number of ether oxygens (including phenoxy) is 2. The van der Waals surface area contributed by atoms with E-state index in [9.17, 15) is 0 Å². The largest absolute Gasteiger partial charge is 0.492 e. The number of hydrogen-bond acceptors (Lipinski definition) is 3. The van der Waals surface area contributed by atoms with Crippen LogP contribution < -0.4 is 4.74 Å².